The average Bonchev–Trinajstić information content (AvgIpc) is 2.55. The van der Waals surface area contributed by atoms with Crippen molar-refractivity contribution in [3.63, 3.8) is 0 Å². The lowest BCUT2D eigenvalue weighted by Gasteiger charge is -2.29. The average molecular weight is 318 g/mol. The van der Waals surface area contributed by atoms with Crippen LogP contribution in [-0.4, -0.2) is 24.1 Å². The van der Waals surface area contributed by atoms with Crippen LogP contribution >= 0.6 is 0 Å². The number of rotatable bonds is 5. The summed E-state index contributed by atoms with van der Waals surface area (Å²) in [6.07, 6.45) is 1.57. The number of aryl methyl sites for hydroxylation is 1. The topological polar surface area (TPSA) is 60.3 Å². The Balaban J connectivity index is 2.21. The van der Waals surface area contributed by atoms with Crippen LogP contribution in [0.2, 0.25) is 0 Å². The largest absolute Gasteiger partial charge is 0.372 e. The number of pyridine rings is 1. The molecule has 0 bridgehead atoms. The number of carbonyl (C=O) groups is 1. The number of nitrogens with one attached hydrogen (secondary N) is 1. The Kier molecular flexibility index (Phi) is 4.95. The lowest BCUT2D eigenvalue weighted by Crippen LogP contribution is -2.42. The molecule has 2 aromatic rings. The van der Waals surface area contributed by atoms with Gasteiger partial charge in [0.25, 0.3) is 11.5 Å². The van der Waals surface area contributed by atoms with Gasteiger partial charge in [-0.3, -0.25) is 9.59 Å². The van der Waals surface area contributed by atoms with Gasteiger partial charge in [0, 0.05) is 25.9 Å². The van der Waals surface area contributed by atoms with Crippen molar-refractivity contribution in [3.05, 3.63) is 69.9 Å². The Morgan fingerprint density at radius 1 is 1.30 bits per heavy atom. The van der Waals surface area contributed by atoms with Crippen LogP contribution in [0.1, 0.15) is 22.8 Å². The van der Waals surface area contributed by atoms with Crippen molar-refractivity contribution >= 4 is 5.91 Å². The van der Waals surface area contributed by atoms with E-state index in [1.165, 1.54) is 23.8 Å². The lowest BCUT2D eigenvalue weighted by molar-refractivity contribution is 0.000372. The van der Waals surface area contributed by atoms with Gasteiger partial charge in [-0.25, -0.2) is 4.39 Å². The SMILES string of the molecule is CO[C@@](C)(CNC(=O)c1cccn(C)c1=O)c1ccccc1F. The maximum atomic E-state index is 14.0. The third kappa shape index (κ3) is 3.48. The van der Waals surface area contributed by atoms with E-state index in [1.807, 2.05) is 0 Å². The molecule has 0 aliphatic rings. The van der Waals surface area contributed by atoms with Crippen LogP contribution in [0.15, 0.2) is 47.4 Å². The van der Waals surface area contributed by atoms with Crippen LogP contribution in [0.4, 0.5) is 4.39 Å². The number of ether oxygens (including phenoxy) is 1. The summed E-state index contributed by atoms with van der Waals surface area (Å²) < 4.78 is 20.7. The molecule has 1 aromatic heterocycles. The van der Waals surface area contributed by atoms with Gasteiger partial charge in [-0.1, -0.05) is 18.2 Å². The van der Waals surface area contributed by atoms with E-state index in [0.29, 0.717) is 5.56 Å². The summed E-state index contributed by atoms with van der Waals surface area (Å²) in [6, 6.07) is 9.28. The van der Waals surface area contributed by atoms with Crippen LogP contribution < -0.4 is 10.9 Å². The highest BCUT2D eigenvalue weighted by Crippen LogP contribution is 2.26. The Labute approximate surface area is 133 Å². The molecule has 0 saturated heterocycles. The zero-order valence-corrected chi connectivity index (χ0v) is 13.3. The number of methoxy groups -OCH3 is 1. The quantitative estimate of drug-likeness (QED) is 0.915. The molecule has 5 nitrogen and oxygen atoms in total. The highest BCUT2D eigenvalue weighted by atomic mass is 19.1. The number of hydrogen-bond donors (Lipinski definition) is 1. The summed E-state index contributed by atoms with van der Waals surface area (Å²) in [6.45, 7) is 1.70. The van der Waals surface area contributed by atoms with E-state index < -0.39 is 22.9 Å². The number of nitrogens with zero attached hydrogens (tertiary/aromatic N) is 1. The summed E-state index contributed by atoms with van der Waals surface area (Å²) in [5, 5.41) is 2.64. The van der Waals surface area contributed by atoms with E-state index >= 15 is 0 Å². The smallest absolute Gasteiger partial charge is 0.263 e. The van der Waals surface area contributed by atoms with Crippen molar-refractivity contribution < 1.29 is 13.9 Å². The van der Waals surface area contributed by atoms with E-state index in [1.54, 1.807) is 44.4 Å². The maximum Gasteiger partial charge on any atom is 0.263 e. The van der Waals surface area contributed by atoms with Gasteiger partial charge in [0.15, 0.2) is 0 Å². The van der Waals surface area contributed by atoms with Gasteiger partial charge >= 0.3 is 0 Å². The van der Waals surface area contributed by atoms with Gasteiger partial charge in [0.2, 0.25) is 0 Å². The minimum atomic E-state index is -1.04. The molecular weight excluding hydrogens is 299 g/mol. The van der Waals surface area contributed by atoms with E-state index in [-0.39, 0.29) is 12.1 Å². The van der Waals surface area contributed by atoms with Crippen molar-refractivity contribution in [2.75, 3.05) is 13.7 Å². The van der Waals surface area contributed by atoms with Crippen LogP contribution in [0, 0.1) is 5.82 Å². The molecule has 2 rings (SSSR count). The van der Waals surface area contributed by atoms with E-state index in [0.717, 1.165) is 0 Å². The van der Waals surface area contributed by atoms with Gasteiger partial charge in [-0.05, 0) is 25.1 Å². The number of aromatic nitrogens is 1. The van der Waals surface area contributed by atoms with Crippen LogP contribution in [0.5, 0.6) is 0 Å². The molecule has 1 amide bonds. The molecule has 0 aliphatic carbocycles. The molecule has 122 valence electrons. The van der Waals surface area contributed by atoms with E-state index in [9.17, 15) is 14.0 Å². The first kappa shape index (κ1) is 16.9. The number of hydrogen-bond acceptors (Lipinski definition) is 3. The minimum Gasteiger partial charge on any atom is -0.372 e. The van der Waals surface area contributed by atoms with E-state index in [2.05, 4.69) is 5.32 Å². The highest BCUT2D eigenvalue weighted by molar-refractivity contribution is 5.93. The Morgan fingerprint density at radius 2 is 2.00 bits per heavy atom. The zero-order chi connectivity index (χ0) is 17.0. The third-order valence-corrected chi connectivity index (χ3v) is 3.85. The summed E-state index contributed by atoms with van der Waals surface area (Å²) in [5.41, 5.74) is -1.07. The second kappa shape index (κ2) is 6.75. The van der Waals surface area contributed by atoms with Gasteiger partial charge in [0.05, 0.1) is 6.54 Å². The molecule has 1 aromatic carbocycles. The molecule has 23 heavy (non-hydrogen) atoms. The highest BCUT2D eigenvalue weighted by Gasteiger charge is 2.30. The zero-order valence-electron chi connectivity index (χ0n) is 13.3. The van der Waals surface area contributed by atoms with Crippen molar-refractivity contribution in [1.82, 2.24) is 9.88 Å². The summed E-state index contributed by atoms with van der Waals surface area (Å²) in [7, 11) is 3.01. The number of benzene rings is 1. The minimum absolute atomic E-state index is 0.0291. The fourth-order valence-corrected chi connectivity index (χ4v) is 2.28. The first-order chi connectivity index (χ1) is 10.9. The van der Waals surface area contributed by atoms with Crippen molar-refractivity contribution in [3.8, 4) is 0 Å². The van der Waals surface area contributed by atoms with Crippen molar-refractivity contribution in [2.24, 2.45) is 7.05 Å². The predicted molar refractivity (Wildman–Crippen MR) is 84.8 cm³/mol. The number of halogens is 1. The number of amides is 1. The second-order valence-corrected chi connectivity index (χ2v) is 5.44. The Morgan fingerprint density at radius 3 is 2.65 bits per heavy atom. The molecule has 0 radical (unpaired) electrons. The lowest BCUT2D eigenvalue weighted by atomic mass is 9.95. The van der Waals surface area contributed by atoms with Crippen LogP contribution in [0.3, 0.4) is 0 Å². The number of carbonyl (C=O) groups excluding carboxylic acids is 1. The van der Waals surface area contributed by atoms with E-state index in [4.69, 9.17) is 4.74 Å². The van der Waals surface area contributed by atoms with Gasteiger partial charge < -0.3 is 14.6 Å². The van der Waals surface area contributed by atoms with Crippen molar-refractivity contribution in [1.29, 1.82) is 0 Å². The molecule has 1 atom stereocenters. The first-order valence-electron chi connectivity index (χ1n) is 7.13. The van der Waals surface area contributed by atoms with Crippen molar-refractivity contribution in [2.45, 2.75) is 12.5 Å². The summed E-state index contributed by atoms with van der Waals surface area (Å²) >= 11 is 0. The van der Waals surface area contributed by atoms with Crippen LogP contribution in [-0.2, 0) is 17.4 Å². The predicted octanol–water partition coefficient (Wildman–Crippen LogP) is 1.82. The summed E-state index contributed by atoms with van der Waals surface area (Å²) in [5.74, 6) is -0.937. The summed E-state index contributed by atoms with van der Waals surface area (Å²) in [4.78, 5) is 24.2. The normalized spacial score (nSPS) is 13.4. The molecule has 1 heterocycles. The van der Waals surface area contributed by atoms with Gasteiger partial charge in [-0.2, -0.15) is 0 Å². The monoisotopic (exact) mass is 318 g/mol. The maximum absolute atomic E-state index is 14.0. The fourth-order valence-electron chi connectivity index (χ4n) is 2.28. The fraction of sp³-hybridized carbons (Fsp3) is 0.294. The molecule has 0 unspecified atom stereocenters. The molecule has 6 heteroatoms. The third-order valence-electron chi connectivity index (χ3n) is 3.85. The molecule has 0 fully saturated rings. The molecular formula is C17H19FN2O3. The molecule has 0 aliphatic heterocycles. The standard InChI is InChI=1S/C17H19FN2O3/c1-17(23-3,13-8-4-5-9-14(13)18)11-19-15(21)12-7-6-10-20(2)16(12)22/h4-10H,11H2,1-3H3,(H,19,21)/t17-/m0/s1. The molecule has 0 saturated carbocycles. The second-order valence-electron chi connectivity index (χ2n) is 5.44. The Bertz CT molecular complexity index is 772. The van der Waals surface area contributed by atoms with Crippen LogP contribution in [0.25, 0.3) is 0 Å². The Hall–Kier alpha value is -2.47. The van der Waals surface area contributed by atoms with Gasteiger partial charge in [-0.15, -0.1) is 0 Å². The molecule has 1 N–H and O–H groups in total. The van der Waals surface area contributed by atoms with Gasteiger partial charge in [0.1, 0.15) is 17.0 Å². The molecule has 0 spiro atoms. The first-order valence-corrected chi connectivity index (χ1v) is 7.13.